The Morgan fingerprint density at radius 1 is 1.13 bits per heavy atom. The van der Waals surface area contributed by atoms with Gasteiger partial charge in [-0.25, -0.2) is 4.79 Å². The maximum Gasteiger partial charge on any atom is 0.336 e. The molecule has 2 aromatic rings. The molecule has 0 fully saturated rings. The minimum absolute atomic E-state index is 0.0140. The molecule has 1 aliphatic rings. The maximum atomic E-state index is 12.8. The molecule has 0 saturated carbocycles. The van der Waals surface area contributed by atoms with Gasteiger partial charge in [-0.1, -0.05) is 30.3 Å². The molecule has 4 nitrogen and oxygen atoms in total. The minimum Gasteiger partial charge on any atom is -0.478 e. The first-order valence-corrected chi connectivity index (χ1v) is 8.34. The molecular formula is C18H17NO3S. The van der Waals surface area contributed by atoms with Crippen LogP contribution in [-0.4, -0.2) is 28.8 Å². The van der Waals surface area contributed by atoms with Gasteiger partial charge in [0.1, 0.15) is 0 Å². The Hall–Kier alpha value is -2.27. The summed E-state index contributed by atoms with van der Waals surface area (Å²) in [5.74, 6) is -0.959. The molecule has 1 aliphatic heterocycles. The van der Waals surface area contributed by atoms with Gasteiger partial charge in [0.15, 0.2) is 0 Å². The van der Waals surface area contributed by atoms with Crippen molar-refractivity contribution in [1.29, 1.82) is 0 Å². The number of benzene rings is 2. The van der Waals surface area contributed by atoms with Gasteiger partial charge in [-0.15, -0.1) is 11.8 Å². The van der Waals surface area contributed by atoms with Crippen LogP contribution in [0.3, 0.4) is 0 Å². The van der Waals surface area contributed by atoms with E-state index in [1.54, 1.807) is 29.2 Å². The number of carboxylic acids is 1. The number of carboxylic acid groups (broad SMARTS) is 1. The first-order chi connectivity index (χ1) is 11.1. The summed E-state index contributed by atoms with van der Waals surface area (Å²) in [5, 5.41) is 8.90. The van der Waals surface area contributed by atoms with Gasteiger partial charge in [0, 0.05) is 17.1 Å². The molecule has 0 radical (unpaired) electrons. The van der Waals surface area contributed by atoms with Gasteiger partial charge in [-0.3, -0.25) is 4.79 Å². The molecule has 1 atom stereocenters. The van der Waals surface area contributed by atoms with Crippen molar-refractivity contribution >= 4 is 29.3 Å². The molecule has 5 heteroatoms. The van der Waals surface area contributed by atoms with Gasteiger partial charge < -0.3 is 10.0 Å². The van der Waals surface area contributed by atoms with Crippen LogP contribution < -0.4 is 4.90 Å². The zero-order valence-corrected chi connectivity index (χ0v) is 13.5. The third kappa shape index (κ3) is 3.10. The fourth-order valence-corrected chi connectivity index (χ4v) is 3.82. The largest absolute Gasteiger partial charge is 0.478 e. The van der Waals surface area contributed by atoms with E-state index in [1.165, 1.54) is 17.3 Å². The topological polar surface area (TPSA) is 57.6 Å². The highest BCUT2D eigenvalue weighted by Gasteiger charge is 2.28. The Balaban J connectivity index is 1.78. The summed E-state index contributed by atoms with van der Waals surface area (Å²) in [7, 11) is 0. The number of para-hydroxylation sites is 1. The van der Waals surface area contributed by atoms with E-state index in [4.69, 9.17) is 0 Å². The molecule has 1 amide bonds. The summed E-state index contributed by atoms with van der Waals surface area (Å²) in [4.78, 5) is 26.5. The molecule has 118 valence electrons. The van der Waals surface area contributed by atoms with Gasteiger partial charge in [0.25, 0.3) is 0 Å². The number of carbonyl (C=O) groups is 2. The predicted molar refractivity (Wildman–Crippen MR) is 91.2 cm³/mol. The van der Waals surface area contributed by atoms with Crippen LogP contribution in [0.2, 0.25) is 0 Å². The number of hydrogen-bond acceptors (Lipinski definition) is 3. The number of nitrogens with zero attached hydrogens (tertiary/aromatic N) is 1. The van der Waals surface area contributed by atoms with E-state index in [0.29, 0.717) is 11.4 Å². The Morgan fingerprint density at radius 2 is 1.83 bits per heavy atom. The molecular weight excluding hydrogens is 310 g/mol. The van der Waals surface area contributed by atoms with Crippen LogP contribution in [0.15, 0.2) is 53.4 Å². The zero-order valence-electron chi connectivity index (χ0n) is 12.7. The van der Waals surface area contributed by atoms with Crippen LogP contribution in [0.4, 0.5) is 5.69 Å². The third-order valence-corrected chi connectivity index (χ3v) is 5.09. The second-order valence-electron chi connectivity index (χ2n) is 5.43. The normalized spacial score (nSPS) is 14.4. The lowest BCUT2D eigenvalue weighted by molar-refractivity contribution is -0.117. The fourth-order valence-electron chi connectivity index (χ4n) is 2.77. The molecule has 1 heterocycles. The minimum atomic E-state index is -0.973. The van der Waals surface area contributed by atoms with E-state index in [9.17, 15) is 14.7 Å². The SMILES string of the molecule is C[C@@H](Sc1ccccc1C(=O)O)C(=O)N1CCc2ccccc21. The lowest BCUT2D eigenvalue weighted by Gasteiger charge is -2.21. The Morgan fingerprint density at radius 3 is 2.61 bits per heavy atom. The monoisotopic (exact) mass is 327 g/mol. The molecule has 0 aliphatic carbocycles. The standard InChI is InChI=1S/C18H17NO3S/c1-12(23-16-9-5-3-7-14(16)18(21)22)17(20)19-11-10-13-6-2-4-8-15(13)19/h2-9,12H,10-11H2,1H3,(H,21,22)/t12-/m1/s1. The number of thioether (sulfide) groups is 1. The molecule has 0 bridgehead atoms. The Kier molecular flexibility index (Phi) is 4.39. The number of rotatable bonds is 4. The van der Waals surface area contributed by atoms with E-state index in [-0.39, 0.29) is 16.7 Å². The molecule has 23 heavy (non-hydrogen) atoms. The zero-order chi connectivity index (χ0) is 16.4. The average Bonchev–Trinajstić information content (AvgIpc) is 2.98. The average molecular weight is 327 g/mol. The second kappa shape index (κ2) is 6.46. The van der Waals surface area contributed by atoms with Crippen molar-refractivity contribution in [2.24, 2.45) is 0 Å². The molecule has 2 aromatic carbocycles. The summed E-state index contributed by atoms with van der Waals surface area (Å²) in [6.45, 7) is 2.51. The number of anilines is 1. The molecule has 0 unspecified atom stereocenters. The summed E-state index contributed by atoms with van der Waals surface area (Å²) in [6, 6.07) is 14.7. The lowest BCUT2D eigenvalue weighted by Crippen LogP contribution is -2.35. The van der Waals surface area contributed by atoms with E-state index in [2.05, 4.69) is 0 Å². The van der Waals surface area contributed by atoms with Crippen molar-refractivity contribution in [2.75, 3.05) is 11.4 Å². The smallest absolute Gasteiger partial charge is 0.336 e. The molecule has 0 saturated heterocycles. The van der Waals surface area contributed by atoms with Gasteiger partial charge >= 0.3 is 5.97 Å². The number of hydrogen-bond donors (Lipinski definition) is 1. The van der Waals surface area contributed by atoms with E-state index < -0.39 is 5.97 Å². The molecule has 3 rings (SSSR count). The molecule has 0 spiro atoms. The van der Waals surface area contributed by atoms with Crippen molar-refractivity contribution < 1.29 is 14.7 Å². The van der Waals surface area contributed by atoms with Gasteiger partial charge in [-0.2, -0.15) is 0 Å². The van der Waals surface area contributed by atoms with Crippen molar-refractivity contribution in [3.05, 3.63) is 59.7 Å². The summed E-state index contributed by atoms with van der Waals surface area (Å²) in [6.07, 6.45) is 0.866. The van der Waals surface area contributed by atoms with Crippen LogP contribution in [0.25, 0.3) is 0 Å². The van der Waals surface area contributed by atoms with Crippen LogP contribution in [0, 0.1) is 0 Å². The number of fused-ring (bicyclic) bond motifs is 1. The summed E-state index contributed by atoms with van der Waals surface area (Å²) < 4.78 is 0. The predicted octanol–water partition coefficient (Wildman–Crippen LogP) is 3.45. The van der Waals surface area contributed by atoms with Crippen LogP contribution in [-0.2, 0) is 11.2 Å². The molecule has 0 aromatic heterocycles. The van der Waals surface area contributed by atoms with Crippen molar-refractivity contribution in [3.8, 4) is 0 Å². The Labute approximate surface area is 139 Å². The second-order valence-corrected chi connectivity index (χ2v) is 6.81. The Bertz CT molecular complexity index is 759. The summed E-state index contributed by atoms with van der Waals surface area (Å²) >= 11 is 1.30. The van der Waals surface area contributed by atoms with Crippen molar-refractivity contribution in [3.63, 3.8) is 0 Å². The van der Waals surface area contributed by atoms with Crippen LogP contribution >= 0.6 is 11.8 Å². The van der Waals surface area contributed by atoms with Gasteiger partial charge in [0.2, 0.25) is 5.91 Å². The highest BCUT2D eigenvalue weighted by Crippen LogP contribution is 2.32. The van der Waals surface area contributed by atoms with Crippen molar-refractivity contribution in [1.82, 2.24) is 0 Å². The first-order valence-electron chi connectivity index (χ1n) is 7.46. The van der Waals surface area contributed by atoms with Crippen molar-refractivity contribution in [2.45, 2.75) is 23.5 Å². The van der Waals surface area contributed by atoms with Gasteiger partial charge in [0.05, 0.1) is 10.8 Å². The maximum absolute atomic E-state index is 12.8. The highest BCUT2D eigenvalue weighted by atomic mass is 32.2. The number of aromatic carboxylic acids is 1. The highest BCUT2D eigenvalue weighted by molar-refractivity contribution is 8.00. The third-order valence-electron chi connectivity index (χ3n) is 3.92. The first kappa shape index (κ1) is 15.6. The number of amides is 1. The molecule has 1 N–H and O–H groups in total. The van der Waals surface area contributed by atoms with Crippen LogP contribution in [0.5, 0.6) is 0 Å². The lowest BCUT2D eigenvalue weighted by atomic mass is 10.2. The summed E-state index contributed by atoms with van der Waals surface area (Å²) in [5.41, 5.74) is 2.39. The number of carbonyl (C=O) groups excluding carboxylic acids is 1. The van der Waals surface area contributed by atoms with E-state index in [0.717, 1.165) is 12.1 Å². The van der Waals surface area contributed by atoms with E-state index in [1.807, 2.05) is 31.2 Å². The van der Waals surface area contributed by atoms with E-state index >= 15 is 0 Å². The quantitative estimate of drug-likeness (QED) is 0.874. The van der Waals surface area contributed by atoms with Gasteiger partial charge in [-0.05, 0) is 37.1 Å². The fraction of sp³-hybridized carbons (Fsp3) is 0.222. The van der Waals surface area contributed by atoms with Crippen LogP contribution in [0.1, 0.15) is 22.8 Å².